The van der Waals surface area contributed by atoms with E-state index in [1.54, 1.807) is 38.5 Å². The van der Waals surface area contributed by atoms with E-state index in [1.165, 1.54) is 0 Å². The van der Waals surface area contributed by atoms with Gasteiger partial charge in [-0.25, -0.2) is 0 Å². The van der Waals surface area contributed by atoms with Crippen molar-refractivity contribution in [1.29, 1.82) is 5.26 Å². The van der Waals surface area contributed by atoms with E-state index >= 15 is 0 Å². The Morgan fingerprint density at radius 3 is 2.12 bits per heavy atom. The Balaban J connectivity index is 0.000000416. The van der Waals surface area contributed by atoms with Crippen LogP contribution in [0.1, 0.15) is 16.7 Å². The Labute approximate surface area is 168 Å². The minimum absolute atomic E-state index is 0.203. The Hall–Kier alpha value is -1.78. The molecule has 0 saturated heterocycles. The minimum Gasteiger partial charge on any atom is -0.508 e. The number of phenolic OH excluding ortho intramolecular Hbond substituents is 1. The standard InChI is InChI=1S/C10H11NO2.C7H7BrO.C2H5ClO/c1-8-3-9(6-11)5-10(4-8)13-7-12-2;1-5-2-6(8)4-7(9)3-5;1-4-2-3/h3-5H,7H2,1-2H3;2-4,9H,1H3;2H2,1H3. The fourth-order valence-electron chi connectivity index (χ4n) is 1.74. The largest absolute Gasteiger partial charge is 0.508 e. The number of aryl methyl sites for hydroxylation is 2. The minimum atomic E-state index is 0.203. The lowest BCUT2D eigenvalue weighted by Gasteiger charge is -2.05. The second-order valence-electron chi connectivity index (χ2n) is 5.08. The van der Waals surface area contributed by atoms with Crippen LogP contribution in [0.5, 0.6) is 11.5 Å². The molecule has 7 heteroatoms. The summed E-state index contributed by atoms with van der Waals surface area (Å²) in [6.07, 6.45) is 0. The van der Waals surface area contributed by atoms with Crippen molar-refractivity contribution in [3.8, 4) is 17.6 Å². The quantitative estimate of drug-likeness (QED) is 0.522. The number of benzene rings is 2. The van der Waals surface area contributed by atoms with Crippen molar-refractivity contribution in [2.45, 2.75) is 13.8 Å². The van der Waals surface area contributed by atoms with Gasteiger partial charge < -0.3 is 19.3 Å². The molecule has 0 saturated carbocycles. The molecule has 0 amide bonds. The van der Waals surface area contributed by atoms with Gasteiger partial charge in [0.25, 0.3) is 0 Å². The normalized spacial score (nSPS) is 9.12. The van der Waals surface area contributed by atoms with Gasteiger partial charge in [-0.05, 0) is 61.4 Å². The summed E-state index contributed by atoms with van der Waals surface area (Å²) in [4.78, 5) is 0. The summed E-state index contributed by atoms with van der Waals surface area (Å²) in [6, 6.07) is 13.0. The third kappa shape index (κ3) is 11.7. The first-order chi connectivity index (χ1) is 12.4. The summed E-state index contributed by atoms with van der Waals surface area (Å²) in [6.45, 7) is 4.05. The summed E-state index contributed by atoms with van der Waals surface area (Å²) in [5.74, 6) is 0.972. The maximum Gasteiger partial charge on any atom is 0.188 e. The van der Waals surface area contributed by atoms with Crippen molar-refractivity contribution in [1.82, 2.24) is 0 Å². The van der Waals surface area contributed by atoms with E-state index in [9.17, 15) is 0 Å². The number of nitrogens with zero attached hydrogens (tertiary/aromatic N) is 1. The molecular weight excluding hydrogens is 422 g/mol. The van der Waals surface area contributed by atoms with Crippen molar-refractivity contribution in [2.75, 3.05) is 27.1 Å². The summed E-state index contributed by atoms with van der Waals surface area (Å²) >= 11 is 8.22. The molecule has 0 aliphatic carbocycles. The van der Waals surface area contributed by atoms with E-state index in [-0.39, 0.29) is 6.79 Å². The molecule has 26 heavy (non-hydrogen) atoms. The lowest BCUT2D eigenvalue weighted by Crippen LogP contribution is -1.99. The van der Waals surface area contributed by atoms with Gasteiger partial charge in [0, 0.05) is 18.7 Å². The Morgan fingerprint density at radius 1 is 1.04 bits per heavy atom. The summed E-state index contributed by atoms with van der Waals surface area (Å²) in [5, 5.41) is 17.6. The first-order valence-electron chi connectivity index (χ1n) is 7.50. The molecular formula is C19H23BrClNO4. The average Bonchev–Trinajstić information content (AvgIpc) is 2.59. The molecule has 0 unspecified atom stereocenters. The van der Waals surface area contributed by atoms with Crippen molar-refractivity contribution in [2.24, 2.45) is 0 Å². The molecule has 0 radical (unpaired) electrons. The molecule has 2 aromatic carbocycles. The number of rotatable bonds is 4. The zero-order valence-corrected chi connectivity index (χ0v) is 17.6. The van der Waals surface area contributed by atoms with Gasteiger partial charge in [0.1, 0.15) is 17.6 Å². The maximum absolute atomic E-state index is 8.96. The van der Waals surface area contributed by atoms with E-state index in [2.05, 4.69) is 26.7 Å². The van der Waals surface area contributed by atoms with Crippen molar-refractivity contribution in [3.63, 3.8) is 0 Å². The fourth-order valence-corrected chi connectivity index (χ4v) is 2.34. The second-order valence-corrected chi connectivity index (χ2v) is 6.22. The van der Waals surface area contributed by atoms with Crippen LogP contribution < -0.4 is 4.74 Å². The number of phenols is 1. The van der Waals surface area contributed by atoms with E-state index in [1.807, 2.05) is 26.0 Å². The fraction of sp³-hybridized carbons (Fsp3) is 0.316. The molecule has 0 atom stereocenters. The Morgan fingerprint density at radius 2 is 1.65 bits per heavy atom. The van der Waals surface area contributed by atoms with Crippen LogP contribution in [0.15, 0.2) is 40.9 Å². The monoisotopic (exact) mass is 443 g/mol. The molecule has 1 N–H and O–H groups in total. The summed E-state index contributed by atoms with van der Waals surface area (Å²) < 4.78 is 15.2. The average molecular weight is 445 g/mol. The number of methoxy groups -OCH3 is 2. The van der Waals surface area contributed by atoms with Gasteiger partial charge in [-0.3, -0.25) is 0 Å². The van der Waals surface area contributed by atoms with Crippen LogP contribution in [-0.4, -0.2) is 32.2 Å². The number of hydrogen-bond donors (Lipinski definition) is 1. The number of hydrogen-bond acceptors (Lipinski definition) is 5. The van der Waals surface area contributed by atoms with Gasteiger partial charge in [0.05, 0.1) is 11.6 Å². The number of alkyl halides is 1. The predicted octanol–water partition coefficient (Wildman–Crippen LogP) is 5.14. The van der Waals surface area contributed by atoms with Gasteiger partial charge >= 0.3 is 0 Å². The van der Waals surface area contributed by atoms with Gasteiger partial charge in [0.2, 0.25) is 0 Å². The van der Waals surface area contributed by atoms with Crippen LogP contribution in [0.3, 0.4) is 0 Å². The molecule has 2 rings (SSSR count). The van der Waals surface area contributed by atoms with Gasteiger partial charge in [0.15, 0.2) is 6.79 Å². The molecule has 0 aliphatic heterocycles. The highest BCUT2D eigenvalue weighted by molar-refractivity contribution is 9.10. The topological polar surface area (TPSA) is 71.7 Å². The first kappa shape index (κ1) is 24.2. The highest BCUT2D eigenvalue weighted by Gasteiger charge is 1.98. The highest BCUT2D eigenvalue weighted by Crippen LogP contribution is 2.19. The van der Waals surface area contributed by atoms with Gasteiger partial charge in [-0.2, -0.15) is 5.26 Å². The van der Waals surface area contributed by atoms with Crippen LogP contribution in [0, 0.1) is 25.2 Å². The molecule has 5 nitrogen and oxygen atoms in total. The summed E-state index contributed by atoms with van der Waals surface area (Å²) in [7, 11) is 3.11. The molecule has 0 fully saturated rings. The maximum atomic E-state index is 8.96. The molecule has 0 spiro atoms. The van der Waals surface area contributed by atoms with Crippen molar-refractivity contribution < 1.29 is 19.3 Å². The molecule has 2 aromatic rings. The zero-order valence-electron chi connectivity index (χ0n) is 15.3. The van der Waals surface area contributed by atoms with E-state index in [0.29, 0.717) is 23.1 Å². The lowest BCUT2D eigenvalue weighted by molar-refractivity contribution is 0.0511. The predicted molar refractivity (Wildman–Crippen MR) is 107 cm³/mol. The van der Waals surface area contributed by atoms with Crippen LogP contribution in [0.2, 0.25) is 0 Å². The van der Waals surface area contributed by atoms with Crippen LogP contribution in [0.25, 0.3) is 0 Å². The Bertz CT molecular complexity index is 652. The zero-order chi connectivity index (χ0) is 19.9. The van der Waals surface area contributed by atoms with Gasteiger partial charge in [-0.15, -0.1) is 0 Å². The smallest absolute Gasteiger partial charge is 0.188 e. The number of aromatic hydroxyl groups is 1. The first-order valence-corrected chi connectivity index (χ1v) is 8.83. The third-order valence-corrected chi connectivity index (χ3v) is 3.34. The molecule has 0 aliphatic rings. The molecule has 0 aromatic heterocycles. The summed E-state index contributed by atoms with van der Waals surface area (Å²) in [5.41, 5.74) is 2.66. The number of ether oxygens (including phenoxy) is 3. The van der Waals surface area contributed by atoms with Crippen molar-refractivity contribution in [3.05, 3.63) is 57.6 Å². The lowest BCUT2D eigenvalue weighted by atomic mass is 10.1. The van der Waals surface area contributed by atoms with Gasteiger partial charge in [-0.1, -0.05) is 27.5 Å². The van der Waals surface area contributed by atoms with E-state index < -0.39 is 0 Å². The van der Waals surface area contributed by atoms with Crippen LogP contribution in [-0.2, 0) is 9.47 Å². The second kappa shape index (κ2) is 14.4. The Kier molecular flexibility index (Phi) is 13.4. The highest BCUT2D eigenvalue weighted by atomic mass is 79.9. The number of nitriles is 1. The van der Waals surface area contributed by atoms with E-state index in [0.717, 1.165) is 15.6 Å². The molecule has 0 bridgehead atoms. The number of halogens is 2. The van der Waals surface area contributed by atoms with Crippen LogP contribution >= 0.6 is 27.5 Å². The van der Waals surface area contributed by atoms with Crippen molar-refractivity contribution >= 4 is 27.5 Å². The van der Waals surface area contributed by atoms with E-state index in [4.69, 9.17) is 31.4 Å². The molecule has 142 valence electrons. The van der Waals surface area contributed by atoms with Crippen LogP contribution in [0.4, 0.5) is 0 Å². The SMILES string of the molecule is COCCl.COCOc1cc(C)cc(C#N)c1.Cc1cc(O)cc(Br)c1. The molecule has 0 heterocycles. The third-order valence-electron chi connectivity index (χ3n) is 2.66.